The molecule has 2 unspecified atom stereocenters. The van der Waals surface area contributed by atoms with Crippen molar-refractivity contribution in [1.82, 2.24) is 0 Å². The van der Waals surface area contributed by atoms with Crippen LogP contribution in [0.4, 0.5) is 0 Å². The number of ether oxygens (including phenoxy) is 4. The fraction of sp³-hybridized carbons (Fsp3) is 0.526. The molecule has 1 N–H and O–H groups in total. The van der Waals surface area contributed by atoms with Crippen LogP contribution in [0.25, 0.3) is 10.8 Å². The van der Waals surface area contributed by atoms with Gasteiger partial charge in [0.25, 0.3) is 10.1 Å². The molecule has 0 bridgehead atoms. The van der Waals surface area contributed by atoms with Crippen LogP contribution in [0.1, 0.15) is 103 Å². The molecule has 0 heterocycles. The predicted molar refractivity (Wildman–Crippen MR) is 189 cm³/mol. The Morgan fingerprint density at radius 3 is 1.65 bits per heavy atom. The molecular weight excluding hydrogens is 632 g/mol. The molecule has 0 aliphatic heterocycles. The van der Waals surface area contributed by atoms with Crippen molar-refractivity contribution < 1.29 is 41.5 Å². The molecule has 10 heteroatoms. The summed E-state index contributed by atoms with van der Waals surface area (Å²) < 4.78 is 59.0. The van der Waals surface area contributed by atoms with Crippen LogP contribution >= 0.6 is 0 Å². The lowest BCUT2D eigenvalue weighted by molar-refractivity contribution is -0.147. The molecule has 264 valence electrons. The molecule has 0 saturated carbocycles. The van der Waals surface area contributed by atoms with Gasteiger partial charge in [0.1, 0.15) is 36.9 Å². The average molecular weight is 685 g/mol. The van der Waals surface area contributed by atoms with Crippen molar-refractivity contribution in [3.8, 4) is 11.5 Å². The lowest BCUT2D eigenvalue weighted by Gasteiger charge is -2.27. The summed E-state index contributed by atoms with van der Waals surface area (Å²) in [5.41, 5.74) is 1.87. The van der Waals surface area contributed by atoms with Gasteiger partial charge in [-0.15, -0.1) is 0 Å². The zero-order valence-corrected chi connectivity index (χ0v) is 29.8. The first kappa shape index (κ1) is 38.8. The molecule has 9 nitrogen and oxygen atoms in total. The highest BCUT2D eigenvalue weighted by molar-refractivity contribution is 7.89. The van der Waals surface area contributed by atoms with Crippen molar-refractivity contribution in [2.75, 3.05) is 13.2 Å². The number of esters is 2. The second kappa shape index (κ2) is 18.8. The maximum atomic E-state index is 12.5. The maximum absolute atomic E-state index is 12.5. The van der Waals surface area contributed by atoms with Gasteiger partial charge < -0.3 is 18.9 Å². The van der Waals surface area contributed by atoms with Crippen LogP contribution in [0, 0.1) is 0 Å². The average Bonchev–Trinajstić information content (AvgIpc) is 3.05. The van der Waals surface area contributed by atoms with Gasteiger partial charge in [-0.1, -0.05) is 95.9 Å². The van der Waals surface area contributed by atoms with Crippen LogP contribution in [-0.4, -0.2) is 50.3 Å². The van der Waals surface area contributed by atoms with Gasteiger partial charge in [-0.05, 0) is 46.0 Å². The van der Waals surface area contributed by atoms with E-state index >= 15 is 0 Å². The molecule has 2 aromatic carbocycles. The molecule has 0 fully saturated rings. The van der Waals surface area contributed by atoms with Crippen molar-refractivity contribution in [3.63, 3.8) is 0 Å². The zero-order chi connectivity index (χ0) is 35.3. The van der Waals surface area contributed by atoms with Crippen LogP contribution in [0.2, 0.25) is 0 Å². The third kappa shape index (κ3) is 11.2. The monoisotopic (exact) mass is 684 g/mol. The van der Waals surface area contributed by atoms with E-state index in [-0.39, 0.29) is 31.0 Å². The number of carbonyl (C=O) groups is 2. The molecule has 2 aromatic rings. The van der Waals surface area contributed by atoms with Crippen LogP contribution in [0.15, 0.2) is 59.6 Å². The quantitative estimate of drug-likeness (QED) is 0.0597. The lowest BCUT2D eigenvalue weighted by atomic mass is 9.90. The van der Waals surface area contributed by atoms with Crippen LogP contribution in [0.5, 0.6) is 11.5 Å². The number of carbonyl (C=O) groups excluding carboxylic acids is 2. The Hall–Kier alpha value is -3.63. The highest BCUT2D eigenvalue weighted by Crippen LogP contribution is 2.45. The van der Waals surface area contributed by atoms with E-state index in [1.165, 1.54) is 6.08 Å². The van der Waals surface area contributed by atoms with Gasteiger partial charge in [0.15, 0.2) is 0 Å². The molecule has 0 radical (unpaired) electrons. The van der Waals surface area contributed by atoms with E-state index in [0.29, 0.717) is 52.0 Å². The van der Waals surface area contributed by atoms with Gasteiger partial charge >= 0.3 is 11.9 Å². The Labute approximate surface area is 286 Å². The van der Waals surface area contributed by atoms with E-state index < -0.39 is 34.3 Å². The Balaban J connectivity index is 2.03. The zero-order valence-electron chi connectivity index (χ0n) is 29.0. The standard InChI is InChI=1S/C38H52O9S/c1-7-9-11-13-17-28(46-37(39)26(3)4)24-44-35-31-19-15-16-20-32(31)36(34-23-30(48(41,42)43)21-22-33(34)35)45-25-29(18-14-12-10-8-2)47-38(40)27(5)6/h15-16,19-21,28-29H,3,5,7-14,17-18,22-25H2,1-2,4,6H3,(H,41,42,43). The second-order valence-corrected chi connectivity index (χ2v) is 14.1. The van der Waals surface area contributed by atoms with Gasteiger partial charge in [0.05, 0.1) is 4.91 Å². The predicted octanol–water partition coefficient (Wildman–Crippen LogP) is 8.38. The number of allylic oxidation sites excluding steroid dienone is 2. The van der Waals surface area contributed by atoms with Gasteiger partial charge in [-0.3, -0.25) is 4.55 Å². The van der Waals surface area contributed by atoms with E-state index in [4.69, 9.17) is 18.9 Å². The Morgan fingerprint density at radius 2 is 1.23 bits per heavy atom. The molecule has 0 saturated heterocycles. The fourth-order valence-electron chi connectivity index (χ4n) is 5.68. The first-order valence-electron chi connectivity index (χ1n) is 17.1. The highest BCUT2D eigenvalue weighted by atomic mass is 32.2. The molecule has 3 rings (SSSR count). The Kier molecular flexibility index (Phi) is 15.2. The van der Waals surface area contributed by atoms with E-state index in [9.17, 15) is 22.6 Å². The van der Waals surface area contributed by atoms with Gasteiger partial charge in [-0.2, -0.15) is 8.42 Å². The molecule has 48 heavy (non-hydrogen) atoms. The van der Waals surface area contributed by atoms with Crippen LogP contribution in [0.3, 0.4) is 0 Å². The topological polar surface area (TPSA) is 125 Å². The minimum atomic E-state index is -4.47. The smallest absolute Gasteiger partial charge is 0.333 e. The number of fused-ring (bicyclic) bond motifs is 2. The summed E-state index contributed by atoms with van der Waals surface area (Å²) in [6, 6.07) is 7.49. The third-order valence-electron chi connectivity index (χ3n) is 8.38. The molecule has 0 spiro atoms. The van der Waals surface area contributed by atoms with Gasteiger partial charge in [0.2, 0.25) is 0 Å². The first-order chi connectivity index (χ1) is 22.9. The summed E-state index contributed by atoms with van der Waals surface area (Å²) in [5.74, 6) is 0.000251. The lowest BCUT2D eigenvalue weighted by Crippen LogP contribution is -2.27. The highest BCUT2D eigenvalue weighted by Gasteiger charge is 2.30. The minimum Gasteiger partial charge on any atom is -0.489 e. The molecule has 2 atom stereocenters. The molecule has 0 aromatic heterocycles. The number of hydrogen-bond donors (Lipinski definition) is 1. The number of unbranched alkanes of at least 4 members (excludes halogenated alkanes) is 6. The minimum absolute atomic E-state index is 0.0450. The fourth-order valence-corrected chi connectivity index (χ4v) is 6.30. The summed E-state index contributed by atoms with van der Waals surface area (Å²) in [6.45, 7) is 15.0. The van der Waals surface area contributed by atoms with E-state index in [1.807, 2.05) is 24.3 Å². The van der Waals surface area contributed by atoms with E-state index in [0.717, 1.165) is 56.8 Å². The van der Waals surface area contributed by atoms with Crippen molar-refractivity contribution in [3.05, 3.63) is 70.7 Å². The van der Waals surface area contributed by atoms with E-state index in [2.05, 4.69) is 27.0 Å². The number of benzene rings is 2. The first-order valence-corrected chi connectivity index (χ1v) is 18.5. The molecule has 1 aliphatic carbocycles. The third-order valence-corrected chi connectivity index (χ3v) is 9.35. The maximum Gasteiger partial charge on any atom is 0.333 e. The summed E-state index contributed by atoms with van der Waals surface area (Å²) in [5, 5.41) is 1.42. The summed E-state index contributed by atoms with van der Waals surface area (Å²) in [4.78, 5) is 24.8. The number of rotatable bonds is 21. The van der Waals surface area contributed by atoms with Crippen molar-refractivity contribution >= 4 is 32.8 Å². The van der Waals surface area contributed by atoms with Crippen molar-refractivity contribution in [2.45, 2.75) is 117 Å². The molecule has 0 amide bonds. The molecular formula is C38H52O9S. The SMILES string of the molecule is C=C(C)C(=O)OC(CCCCCC)COc1c2c(c(OCC(CCCCCC)OC(=O)C(=C)C)c3ccccc13)CC(S(=O)(=O)O)=CC2. The van der Waals surface area contributed by atoms with Gasteiger partial charge in [0, 0.05) is 39.5 Å². The summed E-state index contributed by atoms with van der Waals surface area (Å²) in [6.07, 6.45) is 9.70. The van der Waals surface area contributed by atoms with Crippen LogP contribution in [-0.2, 0) is 42.0 Å². The Morgan fingerprint density at radius 1 is 0.771 bits per heavy atom. The largest absolute Gasteiger partial charge is 0.489 e. The van der Waals surface area contributed by atoms with E-state index in [1.54, 1.807) is 13.8 Å². The normalized spacial score (nSPS) is 14.0. The number of hydrogen-bond acceptors (Lipinski definition) is 8. The van der Waals surface area contributed by atoms with Gasteiger partial charge in [-0.25, -0.2) is 9.59 Å². The Bertz CT molecular complexity index is 1590. The van der Waals surface area contributed by atoms with Crippen LogP contribution < -0.4 is 9.47 Å². The molecule has 1 aliphatic rings. The van der Waals surface area contributed by atoms with Crippen molar-refractivity contribution in [2.24, 2.45) is 0 Å². The van der Waals surface area contributed by atoms with Crippen molar-refractivity contribution in [1.29, 1.82) is 0 Å². The summed E-state index contributed by atoms with van der Waals surface area (Å²) in [7, 11) is -4.47. The second-order valence-electron chi connectivity index (χ2n) is 12.6. The summed E-state index contributed by atoms with van der Waals surface area (Å²) >= 11 is 0.